The second kappa shape index (κ2) is 6.61. The van der Waals surface area contributed by atoms with Crippen molar-refractivity contribution < 1.29 is 9.94 Å². The molecular weight excluding hydrogens is 254 g/mol. The van der Waals surface area contributed by atoms with E-state index in [4.69, 9.17) is 15.7 Å². The van der Waals surface area contributed by atoms with Gasteiger partial charge in [-0.25, -0.2) is 0 Å². The highest BCUT2D eigenvalue weighted by atomic mass is 16.5. The fourth-order valence-electron chi connectivity index (χ4n) is 2.61. The molecule has 0 amide bonds. The first kappa shape index (κ1) is 14.7. The minimum atomic E-state index is 0.144. The molecule has 5 nitrogen and oxygen atoms in total. The van der Waals surface area contributed by atoms with Crippen molar-refractivity contribution in [3.63, 3.8) is 0 Å². The van der Waals surface area contributed by atoms with Crippen LogP contribution in [0.3, 0.4) is 0 Å². The first-order chi connectivity index (χ1) is 9.65. The Morgan fingerprint density at radius 1 is 1.55 bits per heavy atom. The number of likely N-dealkylation sites (N-methyl/N-ethyl adjacent to an activating group) is 1. The molecule has 1 fully saturated rings. The molecule has 1 aromatic carbocycles. The van der Waals surface area contributed by atoms with Crippen molar-refractivity contribution in [3.05, 3.63) is 29.3 Å². The van der Waals surface area contributed by atoms with E-state index in [0.29, 0.717) is 0 Å². The number of ether oxygens (including phenoxy) is 1. The quantitative estimate of drug-likeness (QED) is 0.374. The molecule has 0 aliphatic carbocycles. The lowest BCUT2D eigenvalue weighted by Crippen LogP contribution is -2.33. The molecule has 2 rings (SSSR count). The van der Waals surface area contributed by atoms with Gasteiger partial charge in [-0.05, 0) is 44.4 Å². The highest BCUT2D eigenvalue weighted by Crippen LogP contribution is 2.24. The molecule has 3 N–H and O–H groups in total. The van der Waals surface area contributed by atoms with Gasteiger partial charge in [-0.15, -0.1) is 0 Å². The minimum Gasteiger partial charge on any atom is -0.409 e. The Morgan fingerprint density at radius 2 is 2.35 bits per heavy atom. The summed E-state index contributed by atoms with van der Waals surface area (Å²) in [4.78, 5) is 2.23. The van der Waals surface area contributed by atoms with Crippen LogP contribution in [0, 0.1) is 6.92 Å². The number of nitrogens with two attached hydrogens (primary N) is 1. The van der Waals surface area contributed by atoms with Gasteiger partial charge in [-0.2, -0.15) is 0 Å². The van der Waals surface area contributed by atoms with Crippen LogP contribution in [0.4, 0.5) is 5.69 Å². The van der Waals surface area contributed by atoms with Crippen molar-refractivity contribution in [1.29, 1.82) is 0 Å². The van der Waals surface area contributed by atoms with Gasteiger partial charge in [0.15, 0.2) is 5.84 Å². The Labute approximate surface area is 120 Å². The highest BCUT2D eigenvalue weighted by molar-refractivity contribution is 6.02. The zero-order valence-electron chi connectivity index (χ0n) is 12.2. The van der Waals surface area contributed by atoms with Crippen LogP contribution < -0.4 is 10.6 Å². The number of oxime groups is 1. The second-order valence-corrected chi connectivity index (χ2v) is 5.18. The summed E-state index contributed by atoms with van der Waals surface area (Å²) in [6.45, 7) is 6.69. The van der Waals surface area contributed by atoms with Gasteiger partial charge >= 0.3 is 0 Å². The molecule has 110 valence electrons. The van der Waals surface area contributed by atoms with E-state index in [2.05, 4.69) is 23.0 Å². The van der Waals surface area contributed by atoms with Gasteiger partial charge in [0.1, 0.15) is 0 Å². The summed E-state index contributed by atoms with van der Waals surface area (Å²) in [5.74, 6) is 0.144. The average molecular weight is 277 g/mol. The third-order valence-corrected chi connectivity index (χ3v) is 3.71. The molecule has 1 atom stereocenters. The van der Waals surface area contributed by atoms with Crippen molar-refractivity contribution in [3.8, 4) is 0 Å². The lowest BCUT2D eigenvalue weighted by molar-refractivity contribution is 0.115. The lowest BCUT2D eigenvalue weighted by atomic mass is 10.1. The summed E-state index contributed by atoms with van der Waals surface area (Å²) in [7, 11) is 0. The fourth-order valence-corrected chi connectivity index (χ4v) is 2.61. The standard InChI is InChI=1S/C15H23N3O2/c1-3-18(10-12-5-4-8-20-12)14-9-11(2)6-7-13(14)15(16)17-19/h6-7,9,12,19H,3-5,8,10H2,1-2H3,(H2,16,17). The van der Waals surface area contributed by atoms with Gasteiger partial charge in [0.05, 0.1) is 6.10 Å². The van der Waals surface area contributed by atoms with Crippen LogP contribution in [-0.4, -0.2) is 36.8 Å². The Bertz CT molecular complexity index is 482. The smallest absolute Gasteiger partial charge is 0.172 e. The number of rotatable bonds is 5. The van der Waals surface area contributed by atoms with Crippen molar-refractivity contribution in [1.82, 2.24) is 0 Å². The molecule has 0 aromatic heterocycles. The number of hydrogen-bond donors (Lipinski definition) is 2. The van der Waals surface area contributed by atoms with Crippen LogP contribution in [0.5, 0.6) is 0 Å². The molecule has 0 saturated carbocycles. The molecule has 0 spiro atoms. The average Bonchev–Trinajstić information content (AvgIpc) is 2.97. The molecule has 0 bridgehead atoms. The van der Waals surface area contributed by atoms with Crippen molar-refractivity contribution in [2.75, 3.05) is 24.6 Å². The summed E-state index contributed by atoms with van der Waals surface area (Å²) >= 11 is 0. The molecule has 20 heavy (non-hydrogen) atoms. The summed E-state index contributed by atoms with van der Waals surface area (Å²) in [5.41, 5.74) is 8.70. The summed E-state index contributed by atoms with van der Waals surface area (Å²) < 4.78 is 5.71. The van der Waals surface area contributed by atoms with Crippen LogP contribution in [0.2, 0.25) is 0 Å². The molecule has 0 radical (unpaired) electrons. The highest BCUT2D eigenvalue weighted by Gasteiger charge is 2.21. The van der Waals surface area contributed by atoms with Crippen molar-refractivity contribution >= 4 is 11.5 Å². The molecule has 1 heterocycles. The van der Waals surface area contributed by atoms with E-state index >= 15 is 0 Å². The molecule has 1 saturated heterocycles. The maximum absolute atomic E-state index is 8.94. The summed E-state index contributed by atoms with van der Waals surface area (Å²) in [5, 5.41) is 12.1. The first-order valence-corrected chi connectivity index (χ1v) is 7.10. The van der Waals surface area contributed by atoms with E-state index in [1.165, 1.54) is 0 Å². The van der Waals surface area contributed by atoms with Gasteiger partial charge < -0.3 is 20.6 Å². The van der Waals surface area contributed by atoms with Gasteiger partial charge in [0.2, 0.25) is 0 Å². The molecule has 1 aromatic rings. The third kappa shape index (κ3) is 3.22. The molecule has 5 heteroatoms. The minimum absolute atomic E-state index is 0.144. The zero-order chi connectivity index (χ0) is 14.5. The van der Waals surface area contributed by atoms with E-state index in [9.17, 15) is 0 Å². The van der Waals surface area contributed by atoms with Gasteiger partial charge in [0.25, 0.3) is 0 Å². The predicted molar refractivity (Wildman–Crippen MR) is 80.6 cm³/mol. The van der Waals surface area contributed by atoms with E-state index in [1.807, 2.05) is 19.1 Å². The second-order valence-electron chi connectivity index (χ2n) is 5.18. The van der Waals surface area contributed by atoms with Gasteiger partial charge in [-0.3, -0.25) is 0 Å². The van der Waals surface area contributed by atoms with Crippen LogP contribution in [0.15, 0.2) is 23.4 Å². The van der Waals surface area contributed by atoms with Gasteiger partial charge in [-0.1, -0.05) is 11.2 Å². The summed E-state index contributed by atoms with van der Waals surface area (Å²) in [6, 6.07) is 5.94. The number of aryl methyl sites for hydroxylation is 1. The number of nitrogens with zero attached hydrogens (tertiary/aromatic N) is 2. The van der Waals surface area contributed by atoms with Crippen LogP contribution >= 0.6 is 0 Å². The maximum atomic E-state index is 8.94. The Hall–Kier alpha value is -1.75. The number of amidine groups is 1. The van der Waals surface area contributed by atoms with Crippen LogP contribution in [0.1, 0.15) is 30.9 Å². The van der Waals surface area contributed by atoms with E-state index in [-0.39, 0.29) is 11.9 Å². The monoisotopic (exact) mass is 277 g/mol. The van der Waals surface area contributed by atoms with Crippen LogP contribution in [0.25, 0.3) is 0 Å². The fraction of sp³-hybridized carbons (Fsp3) is 0.533. The zero-order valence-corrected chi connectivity index (χ0v) is 12.2. The number of benzene rings is 1. The maximum Gasteiger partial charge on any atom is 0.172 e. The first-order valence-electron chi connectivity index (χ1n) is 7.10. The lowest BCUT2D eigenvalue weighted by Gasteiger charge is -2.28. The van der Waals surface area contributed by atoms with Crippen molar-refractivity contribution in [2.45, 2.75) is 32.8 Å². The normalized spacial score (nSPS) is 19.3. The van der Waals surface area contributed by atoms with Crippen LogP contribution in [-0.2, 0) is 4.74 Å². The Kier molecular flexibility index (Phi) is 4.84. The number of anilines is 1. The molecule has 1 aliphatic rings. The predicted octanol–water partition coefficient (Wildman–Crippen LogP) is 2.09. The molecular formula is C15H23N3O2. The van der Waals surface area contributed by atoms with E-state index in [1.54, 1.807) is 0 Å². The molecule has 1 aliphatic heterocycles. The van der Waals surface area contributed by atoms with Gasteiger partial charge in [0, 0.05) is 30.9 Å². The summed E-state index contributed by atoms with van der Waals surface area (Å²) in [6.07, 6.45) is 2.50. The van der Waals surface area contributed by atoms with E-state index in [0.717, 1.165) is 49.4 Å². The Balaban J connectivity index is 2.29. The Morgan fingerprint density at radius 3 is 2.95 bits per heavy atom. The largest absolute Gasteiger partial charge is 0.409 e. The van der Waals surface area contributed by atoms with E-state index < -0.39 is 0 Å². The third-order valence-electron chi connectivity index (χ3n) is 3.71. The SMILES string of the molecule is CCN(CC1CCCO1)c1cc(C)ccc1C(N)=NO. The van der Waals surface area contributed by atoms with Crippen molar-refractivity contribution in [2.24, 2.45) is 10.9 Å². The topological polar surface area (TPSA) is 71.1 Å². The number of hydrogen-bond acceptors (Lipinski definition) is 4. The molecule has 1 unspecified atom stereocenters.